The second-order valence-electron chi connectivity index (χ2n) is 7.19. The predicted octanol–water partition coefficient (Wildman–Crippen LogP) is 2.59. The Morgan fingerprint density at radius 1 is 1.00 bits per heavy atom. The highest BCUT2D eigenvalue weighted by Crippen LogP contribution is 2.32. The molecular weight excluding hydrogens is 354 g/mol. The van der Waals surface area contributed by atoms with Crippen molar-refractivity contribution in [2.75, 3.05) is 51.0 Å². The molecule has 0 N–H and O–H groups in total. The molecular formula is C22H27N3O3. The Morgan fingerprint density at radius 3 is 2.50 bits per heavy atom. The summed E-state index contributed by atoms with van der Waals surface area (Å²) in [5.74, 6) is 1.85. The van der Waals surface area contributed by atoms with Crippen molar-refractivity contribution in [1.82, 2.24) is 9.80 Å². The monoisotopic (exact) mass is 381 g/mol. The maximum Gasteiger partial charge on any atom is 0.242 e. The van der Waals surface area contributed by atoms with Gasteiger partial charge in [-0.1, -0.05) is 24.3 Å². The molecule has 1 fully saturated rings. The maximum absolute atomic E-state index is 12.8. The summed E-state index contributed by atoms with van der Waals surface area (Å²) in [7, 11) is 0. The molecule has 0 aliphatic carbocycles. The van der Waals surface area contributed by atoms with Crippen LogP contribution in [0, 0.1) is 0 Å². The Labute approximate surface area is 166 Å². The van der Waals surface area contributed by atoms with E-state index in [1.165, 1.54) is 5.56 Å². The number of amides is 1. The molecule has 6 heteroatoms. The lowest BCUT2D eigenvalue weighted by atomic mass is 10.1. The van der Waals surface area contributed by atoms with E-state index >= 15 is 0 Å². The number of carbonyl (C=O) groups is 1. The lowest BCUT2D eigenvalue weighted by Crippen LogP contribution is -2.51. The molecule has 28 heavy (non-hydrogen) atoms. The van der Waals surface area contributed by atoms with Gasteiger partial charge in [-0.15, -0.1) is 0 Å². The van der Waals surface area contributed by atoms with E-state index in [2.05, 4.69) is 41.0 Å². The zero-order valence-electron chi connectivity index (χ0n) is 16.3. The first-order valence-corrected chi connectivity index (χ1v) is 9.91. The Bertz CT molecular complexity index is 804. The fourth-order valence-electron chi connectivity index (χ4n) is 3.74. The molecule has 0 saturated carbocycles. The van der Waals surface area contributed by atoms with Crippen molar-refractivity contribution in [1.29, 1.82) is 0 Å². The van der Waals surface area contributed by atoms with E-state index in [1.54, 1.807) is 0 Å². The zero-order valence-corrected chi connectivity index (χ0v) is 16.3. The number of hydrogen-bond donors (Lipinski definition) is 0. The fourth-order valence-corrected chi connectivity index (χ4v) is 3.74. The number of nitrogens with zero attached hydrogens (tertiary/aromatic N) is 3. The van der Waals surface area contributed by atoms with Crippen molar-refractivity contribution in [3.8, 4) is 11.5 Å². The molecule has 0 unspecified atom stereocenters. The lowest BCUT2D eigenvalue weighted by molar-refractivity contribution is -0.131. The van der Waals surface area contributed by atoms with Crippen molar-refractivity contribution < 1.29 is 14.3 Å². The van der Waals surface area contributed by atoms with Gasteiger partial charge in [-0.2, -0.15) is 0 Å². The van der Waals surface area contributed by atoms with Crippen LogP contribution in [-0.4, -0.2) is 61.8 Å². The van der Waals surface area contributed by atoms with Crippen molar-refractivity contribution >= 4 is 11.6 Å². The van der Waals surface area contributed by atoms with Gasteiger partial charge in [0.1, 0.15) is 0 Å². The Balaban J connectivity index is 1.28. The Hall–Kier alpha value is -2.73. The molecule has 6 nitrogen and oxygen atoms in total. The molecule has 1 amide bonds. The summed E-state index contributed by atoms with van der Waals surface area (Å²) in [4.78, 5) is 19.3. The molecule has 2 aliphatic rings. The maximum atomic E-state index is 12.8. The SMILES string of the molecule is CCN(CC(=O)N1CCN(Cc2ccc3c(c2)OCO3)CC1)c1ccccc1. The number of likely N-dealkylation sites (N-methyl/N-ethyl adjacent to an activating group) is 1. The number of fused-ring (bicyclic) bond motifs is 1. The summed E-state index contributed by atoms with van der Waals surface area (Å²) >= 11 is 0. The van der Waals surface area contributed by atoms with E-state index in [1.807, 2.05) is 29.2 Å². The fraction of sp³-hybridized carbons (Fsp3) is 0.409. The van der Waals surface area contributed by atoms with E-state index in [0.717, 1.165) is 56.5 Å². The number of benzene rings is 2. The minimum Gasteiger partial charge on any atom is -0.454 e. The van der Waals surface area contributed by atoms with Gasteiger partial charge in [-0.3, -0.25) is 9.69 Å². The number of carbonyl (C=O) groups excluding carboxylic acids is 1. The van der Waals surface area contributed by atoms with E-state index in [0.29, 0.717) is 13.3 Å². The summed E-state index contributed by atoms with van der Waals surface area (Å²) in [6.07, 6.45) is 0. The predicted molar refractivity (Wildman–Crippen MR) is 109 cm³/mol. The van der Waals surface area contributed by atoms with Gasteiger partial charge in [0, 0.05) is 45.0 Å². The van der Waals surface area contributed by atoms with Crippen LogP contribution < -0.4 is 14.4 Å². The highest BCUT2D eigenvalue weighted by atomic mass is 16.7. The molecule has 2 heterocycles. The summed E-state index contributed by atoms with van der Waals surface area (Å²) in [6.45, 7) is 7.83. The van der Waals surface area contributed by atoms with Crippen molar-refractivity contribution in [2.45, 2.75) is 13.5 Å². The van der Waals surface area contributed by atoms with Crippen molar-refractivity contribution in [3.63, 3.8) is 0 Å². The van der Waals surface area contributed by atoms with Crippen LogP contribution in [0.1, 0.15) is 12.5 Å². The molecule has 4 rings (SSSR count). The van der Waals surface area contributed by atoms with Crippen LogP contribution in [0.2, 0.25) is 0 Å². The molecule has 0 bridgehead atoms. The number of hydrogen-bond acceptors (Lipinski definition) is 5. The quantitative estimate of drug-likeness (QED) is 0.770. The largest absolute Gasteiger partial charge is 0.454 e. The summed E-state index contributed by atoms with van der Waals surface area (Å²) in [5, 5.41) is 0. The Morgan fingerprint density at radius 2 is 1.75 bits per heavy atom. The van der Waals surface area contributed by atoms with Gasteiger partial charge in [-0.25, -0.2) is 0 Å². The summed E-state index contributed by atoms with van der Waals surface area (Å²) in [5.41, 5.74) is 2.31. The van der Waals surface area contributed by atoms with Crippen molar-refractivity contribution in [3.05, 3.63) is 54.1 Å². The third-order valence-corrected chi connectivity index (χ3v) is 5.40. The van der Waals surface area contributed by atoms with Gasteiger partial charge in [0.25, 0.3) is 0 Å². The molecule has 0 radical (unpaired) electrons. The third kappa shape index (κ3) is 4.22. The summed E-state index contributed by atoms with van der Waals surface area (Å²) in [6, 6.07) is 16.2. The van der Waals surface area contributed by atoms with E-state index in [9.17, 15) is 4.79 Å². The lowest BCUT2D eigenvalue weighted by Gasteiger charge is -2.36. The Kier molecular flexibility index (Phi) is 5.67. The first-order valence-electron chi connectivity index (χ1n) is 9.91. The van der Waals surface area contributed by atoms with E-state index < -0.39 is 0 Å². The number of para-hydroxylation sites is 1. The van der Waals surface area contributed by atoms with Crippen LogP contribution in [-0.2, 0) is 11.3 Å². The first-order chi connectivity index (χ1) is 13.7. The average Bonchev–Trinajstić information content (AvgIpc) is 3.21. The molecule has 1 saturated heterocycles. The highest BCUT2D eigenvalue weighted by molar-refractivity contribution is 5.81. The van der Waals surface area contributed by atoms with Crippen LogP contribution in [0.15, 0.2) is 48.5 Å². The highest BCUT2D eigenvalue weighted by Gasteiger charge is 2.23. The number of rotatable bonds is 6. The van der Waals surface area contributed by atoms with Crippen molar-refractivity contribution in [2.24, 2.45) is 0 Å². The van der Waals surface area contributed by atoms with Gasteiger partial charge in [0.05, 0.1) is 6.54 Å². The van der Waals surface area contributed by atoms with Gasteiger partial charge < -0.3 is 19.3 Å². The second-order valence-corrected chi connectivity index (χ2v) is 7.19. The third-order valence-electron chi connectivity index (χ3n) is 5.40. The second kappa shape index (κ2) is 8.52. The summed E-state index contributed by atoms with van der Waals surface area (Å²) < 4.78 is 10.8. The molecule has 2 aromatic rings. The van der Waals surface area contributed by atoms with Crippen LogP contribution in [0.25, 0.3) is 0 Å². The number of anilines is 1. The minimum absolute atomic E-state index is 0.202. The van der Waals surface area contributed by atoms with Gasteiger partial charge >= 0.3 is 0 Å². The molecule has 2 aliphatic heterocycles. The average molecular weight is 381 g/mol. The minimum atomic E-state index is 0.202. The van der Waals surface area contributed by atoms with Gasteiger partial charge in [0.2, 0.25) is 12.7 Å². The molecule has 0 aromatic heterocycles. The smallest absolute Gasteiger partial charge is 0.242 e. The molecule has 0 spiro atoms. The van der Waals surface area contributed by atoms with Crippen LogP contribution >= 0.6 is 0 Å². The molecule has 2 aromatic carbocycles. The zero-order chi connectivity index (χ0) is 19.3. The van der Waals surface area contributed by atoms with E-state index in [4.69, 9.17) is 9.47 Å². The van der Waals surface area contributed by atoms with Gasteiger partial charge in [0.15, 0.2) is 11.5 Å². The van der Waals surface area contributed by atoms with E-state index in [-0.39, 0.29) is 5.91 Å². The molecule has 0 atom stereocenters. The normalized spacial score (nSPS) is 16.2. The van der Waals surface area contributed by atoms with Crippen LogP contribution in [0.3, 0.4) is 0 Å². The topological polar surface area (TPSA) is 45.3 Å². The standard InChI is InChI=1S/C22H27N3O3/c1-2-24(19-6-4-3-5-7-19)16-22(26)25-12-10-23(11-13-25)15-18-8-9-20-21(14-18)28-17-27-20/h3-9,14H,2,10-13,15-17H2,1H3. The first kappa shape index (κ1) is 18.6. The van der Waals surface area contributed by atoms with Crippen LogP contribution in [0.5, 0.6) is 11.5 Å². The number of ether oxygens (including phenoxy) is 2. The number of piperazine rings is 1. The van der Waals surface area contributed by atoms with Gasteiger partial charge in [-0.05, 0) is 36.8 Å². The van der Waals surface area contributed by atoms with Crippen LogP contribution in [0.4, 0.5) is 5.69 Å². The molecule has 148 valence electrons.